The Bertz CT molecular complexity index is 3630. The van der Waals surface area contributed by atoms with E-state index in [0.29, 0.717) is 5.82 Å². The summed E-state index contributed by atoms with van der Waals surface area (Å²) >= 11 is 0. The number of aromatic nitrogens is 3. The molecule has 3 heteroatoms. The summed E-state index contributed by atoms with van der Waals surface area (Å²) in [6.07, 6.45) is 0. The zero-order valence-corrected chi connectivity index (χ0v) is 36.7. The van der Waals surface area contributed by atoms with Gasteiger partial charge in [0, 0.05) is 22.2 Å². The van der Waals surface area contributed by atoms with Crippen molar-refractivity contribution in [3.63, 3.8) is 0 Å². The van der Waals surface area contributed by atoms with Crippen LogP contribution >= 0.6 is 0 Å². The Labute approximate surface area is 390 Å². The van der Waals surface area contributed by atoms with Crippen molar-refractivity contribution in [3.8, 4) is 95.1 Å². The van der Waals surface area contributed by atoms with E-state index in [-0.39, 0.29) is 0 Å². The Morgan fingerprint density at radius 1 is 0.254 bits per heavy atom. The van der Waals surface area contributed by atoms with Gasteiger partial charge in [-0.15, -0.1) is 0 Å². The summed E-state index contributed by atoms with van der Waals surface area (Å²) in [7, 11) is 0. The quantitative estimate of drug-likeness (QED) is 0.145. The summed E-state index contributed by atoms with van der Waals surface area (Å²) in [6, 6.07) is 93.0. The number of nitrogens with zero attached hydrogens (tertiary/aromatic N) is 3. The first-order valence-corrected chi connectivity index (χ1v) is 22.8. The van der Waals surface area contributed by atoms with Crippen molar-refractivity contribution in [1.29, 1.82) is 0 Å². The lowest BCUT2D eigenvalue weighted by molar-refractivity contribution is 1.15. The van der Waals surface area contributed by atoms with E-state index in [9.17, 15) is 0 Å². The molecular weight excluding hydrogens is 811 g/mol. The molecule has 0 N–H and O–H groups in total. The van der Waals surface area contributed by atoms with Crippen molar-refractivity contribution < 1.29 is 0 Å². The first-order valence-electron chi connectivity index (χ1n) is 22.8. The second kappa shape index (κ2) is 17.2. The third kappa shape index (κ3) is 7.69. The molecular formula is C64H43N3. The minimum atomic E-state index is 0.689. The van der Waals surface area contributed by atoms with Gasteiger partial charge in [-0.05, 0) is 115 Å². The first kappa shape index (κ1) is 39.7. The Morgan fingerprint density at radius 2 is 0.612 bits per heavy atom. The fraction of sp³-hybridized carbons (Fsp3) is 0. The van der Waals surface area contributed by atoms with Crippen LogP contribution in [0.1, 0.15) is 0 Å². The summed E-state index contributed by atoms with van der Waals surface area (Å²) in [5.74, 6) is 0.689. The summed E-state index contributed by atoms with van der Waals surface area (Å²) in [5.41, 5.74) is 21.1. The molecule has 10 aromatic carbocycles. The number of rotatable bonds is 9. The van der Waals surface area contributed by atoms with E-state index in [4.69, 9.17) is 9.97 Å². The van der Waals surface area contributed by atoms with Crippen LogP contribution < -0.4 is 0 Å². The van der Waals surface area contributed by atoms with Crippen LogP contribution in [0.2, 0.25) is 0 Å². The summed E-state index contributed by atoms with van der Waals surface area (Å²) in [5, 5.41) is 1.09. The number of hydrogen-bond acceptors (Lipinski definition) is 2. The highest BCUT2D eigenvalue weighted by atomic mass is 15.0. The molecule has 0 saturated carbocycles. The van der Waals surface area contributed by atoms with Gasteiger partial charge in [0.15, 0.2) is 5.82 Å². The van der Waals surface area contributed by atoms with E-state index in [1.54, 1.807) is 0 Å². The van der Waals surface area contributed by atoms with Crippen LogP contribution in [0.25, 0.3) is 117 Å². The number of hydrogen-bond donors (Lipinski definition) is 0. The number of benzene rings is 10. The molecule has 0 aliphatic rings. The van der Waals surface area contributed by atoms with Gasteiger partial charge in [0.1, 0.15) is 5.52 Å². The van der Waals surface area contributed by atoms with Crippen LogP contribution in [0.15, 0.2) is 261 Å². The summed E-state index contributed by atoms with van der Waals surface area (Å²) < 4.78 is 2.31. The molecule has 0 amide bonds. The van der Waals surface area contributed by atoms with Crippen molar-refractivity contribution in [2.45, 2.75) is 0 Å². The van der Waals surface area contributed by atoms with Gasteiger partial charge in [-0.1, -0.05) is 212 Å². The maximum absolute atomic E-state index is 5.45. The lowest BCUT2D eigenvalue weighted by Crippen LogP contribution is -2.00. The Hall–Kier alpha value is -8.92. The maximum Gasteiger partial charge on any atom is 0.160 e. The zero-order valence-electron chi connectivity index (χ0n) is 36.7. The molecule has 0 atom stereocenters. The summed E-state index contributed by atoms with van der Waals surface area (Å²) in [4.78, 5) is 10.8. The van der Waals surface area contributed by atoms with Crippen molar-refractivity contribution >= 4 is 21.9 Å². The van der Waals surface area contributed by atoms with Gasteiger partial charge in [-0.3, -0.25) is 0 Å². The Balaban J connectivity index is 0.898. The third-order valence-electron chi connectivity index (χ3n) is 12.8. The molecule has 314 valence electrons. The molecule has 0 radical (unpaired) electrons. The first-order chi connectivity index (χ1) is 33.2. The van der Waals surface area contributed by atoms with Crippen molar-refractivity contribution in [2.75, 3.05) is 0 Å². The van der Waals surface area contributed by atoms with E-state index in [2.05, 4.69) is 265 Å². The second-order valence-electron chi connectivity index (χ2n) is 17.0. The van der Waals surface area contributed by atoms with Gasteiger partial charge < -0.3 is 4.57 Å². The van der Waals surface area contributed by atoms with Crippen LogP contribution in [-0.2, 0) is 0 Å². The van der Waals surface area contributed by atoms with E-state index >= 15 is 0 Å². The van der Waals surface area contributed by atoms with Crippen molar-refractivity contribution in [3.05, 3.63) is 261 Å². The third-order valence-corrected chi connectivity index (χ3v) is 12.8. The topological polar surface area (TPSA) is 30.7 Å². The monoisotopic (exact) mass is 853 g/mol. The fourth-order valence-electron chi connectivity index (χ4n) is 9.43. The maximum atomic E-state index is 5.45. The highest BCUT2D eigenvalue weighted by molar-refractivity contribution is 6.11. The van der Waals surface area contributed by atoms with E-state index in [0.717, 1.165) is 66.7 Å². The van der Waals surface area contributed by atoms with Crippen LogP contribution in [0.4, 0.5) is 0 Å². The van der Waals surface area contributed by atoms with E-state index < -0.39 is 0 Å². The molecule has 0 fully saturated rings. The van der Waals surface area contributed by atoms with Gasteiger partial charge in [-0.2, -0.15) is 0 Å². The minimum Gasteiger partial charge on any atom is -0.306 e. The molecule has 67 heavy (non-hydrogen) atoms. The molecule has 0 saturated heterocycles. The molecule has 0 aliphatic carbocycles. The standard InChI is InChI=1S/C64H43N3/c1-5-17-44(18-6-1)53-25-16-26-54(40-53)61-63-62(59-29-13-14-30-60(59)67(63)58-27-11-4-12-28-58)66-64(65-61)50-37-35-48(36-38-50)52-24-15-23-51(39-52)47-31-33-49(34-32-47)57-42-55(45-19-7-2-8-20-45)41-56(43-57)46-21-9-3-10-22-46/h1-43H. The van der Waals surface area contributed by atoms with Gasteiger partial charge >= 0.3 is 0 Å². The van der Waals surface area contributed by atoms with Crippen LogP contribution in [-0.4, -0.2) is 14.5 Å². The molecule has 0 aliphatic heterocycles. The SMILES string of the molecule is c1ccc(-c2cc(-c3ccccc3)cc(-c3ccc(-c4cccc(-c5ccc(-c6nc(-c7cccc(-c8ccccc8)c7)c7c(n6)c6ccccc6n7-c6ccccc6)cc5)c4)cc3)c2)cc1. The molecule has 0 bridgehead atoms. The second-order valence-corrected chi connectivity index (χ2v) is 17.0. The average Bonchev–Trinajstić information content (AvgIpc) is 3.76. The normalized spacial score (nSPS) is 11.3. The lowest BCUT2D eigenvalue weighted by atomic mass is 9.92. The lowest BCUT2D eigenvalue weighted by Gasteiger charge is -2.13. The number of fused-ring (bicyclic) bond motifs is 3. The van der Waals surface area contributed by atoms with E-state index in [1.807, 2.05) is 0 Å². The fourth-order valence-corrected chi connectivity index (χ4v) is 9.43. The van der Waals surface area contributed by atoms with Crippen molar-refractivity contribution in [2.24, 2.45) is 0 Å². The van der Waals surface area contributed by atoms with Gasteiger partial charge in [-0.25, -0.2) is 9.97 Å². The van der Waals surface area contributed by atoms with Crippen LogP contribution in [0.3, 0.4) is 0 Å². The summed E-state index contributed by atoms with van der Waals surface area (Å²) in [6.45, 7) is 0. The zero-order chi connectivity index (χ0) is 44.5. The van der Waals surface area contributed by atoms with Gasteiger partial charge in [0.2, 0.25) is 0 Å². The van der Waals surface area contributed by atoms with Gasteiger partial charge in [0.05, 0.1) is 16.7 Å². The van der Waals surface area contributed by atoms with Crippen LogP contribution in [0, 0.1) is 0 Å². The smallest absolute Gasteiger partial charge is 0.160 e. The molecule has 0 spiro atoms. The molecule has 2 heterocycles. The van der Waals surface area contributed by atoms with Crippen LogP contribution in [0.5, 0.6) is 0 Å². The van der Waals surface area contributed by atoms with E-state index in [1.165, 1.54) is 44.5 Å². The average molecular weight is 854 g/mol. The molecule has 12 aromatic rings. The predicted octanol–water partition coefficient (Wildman–Crippen LogP) is 16.9. The van der Waals surface area contributed by atoms with Gasteiger partial charge in [0.25, 0.3) is 0 Å². The molecule has 3 nitrogen and oxygen atoms in total. The predicted molar refractivity (Wildman–Crippen MR) is 280 cm³/mol. The highest BCUT2D eigenvalue weighted by Gasteiger charge is 2.21. The molecule has 12 rings (SSSR count). The Kier molecular flexibility index (Phi) is 10.2. The number of para-hydroxylation sites is 2. The highest BCUT2D eigenvalue weighted by Crippen LogP contribution is 2.40. The molecule has 0 unspecified atom stereocenters. The van der Waals surface area contributed by atoms with Crippen molar-refractivity contribution in [1.82, 2.24) is 14.5 Å². The Morgan fingerprint density at radius 3 is 1.13 bits per heavy atom. The largest absolute Gasteiger partial charge is 0.306 e. The minimum absolute atomic E-state index is 0.689. The molecule has 2 aromatic heterocycles.